The van der Waals surface area contributed by atoms with Crippen LogP contribution in [-0.4, -0.2) is 45.7 Å². The summed E-state index contributed by atoms with van der Waals surface area (Å²) in [4.78, 5) is 27.6. The number of nitrogens with one attached hydrogen (secondary N) is 1. The van der Waals surface area contributed by atoms with Gasteiger partial charge in [0.05, 0.1) is 24.7 Å². The Bertz CT molecular complexity index is 1170. The van der Waals surface area contributed by atoms with Gasteiger partial charge in [0.2, 0.25) is 11.8 Å². The Hall–Kier alpha value is -3.68. The SMILES string of the molecule is CC(C)c1ccc(C(NC(=O)C2CC(F)CN2C(=O)Cc2cccnn2)c2ccccc2)cc1F. The fraction of sp³-hybridized carbons (Fsp3) is 0.333. The van der Waals surface area contributed by atoms with E-state index in [0.717, 1.165) is 5.56 Å². The fourth-order valence-electron chi connectivity index (χ4n) is 4.43. The van der Waals surface area contributed by atoms with E-state index in [1.165, 1.54) is 17.2 Å². The summed E-state index contributed by atoms with van der Waals surface area (Å²) in [6.07, 6.45) is 0.0152. The van der Waals surface area contributed by atoms with Crippen LogP contribution in [0.15, 0.2) is 66.9 Å². The van der Waals surface area contributed by atoms with Gasteiger partial charge in [0.1, 0.15) is 18.0 Å². The maximum atomic E-state index is 14.8. The van der Waals surface area contributed by atoms with Crippen molar-refractivity contribution in [3.63, 3.8) is 0 Å². The molecule has 1 saturated heterocycles. The highest BCUT2D eigenvalue weighted by Crippen LogP contribution is 2.28. The third-order valence-corrected chi connectivity index (χ3v) is 6.23. The summed E-state index contributed by atoms with van der Waals surface area (Å²) in [5.74, 6) is -1.21. The molecule has 35 heavy (non-hydrogen) atoms. The zero-order chi connectivity index (χ0) is 24.9. The van der Waals surface area contributed by atoms with Crippen LogP contribution in [0.3, 0.4) is 0 Å². The highest BCUT2D eigenvalue weighted by molar-refractivity contribution is 5.89. The molecular formula is C27H28F2N4O2. The van der Waals surface area contributed by atoms with Crippen molar-refractivity contribution in [1.82, 2.24) is 20.4 Å². The number of nitrogens with zero attached hydrogens (tertiary/aromatic N) is 3. The predicted octanol–water partition coefficient (Wildman–Crippen LogP) is 4.13. The topological polar surface area (TPSA) is 75.2 Å². The van der Waals surface area contributed by atoms with Gasteiger partial charge >= 0.3 is 0 Å². The summed E-state index contributed by atoms with van der Waals surface area (Å²) in [6.45, 7) is 3.66. The first-order chi connectivity index (χ1) is 16.8. The average Bonchev–Trinajstić information content (AvgIpc) is 3.25. The molecule has 1 fully saturated rings. The first-order valence-corrected chi connectivity index (χ1v) is 11.7. The Labute approximate surface area is 203 Å². The maximum absolute atomic E-state index is 14.8. The van der Waals surface area contributed by atoms with E-state index in [-0.39, 0.29) is 31.1 Å². The summed E-state index contributed by atoms with van der Waals surface area (Å²) >= 11 is 0. The van der Waals surface area contributed by atoms with Gasteiger partial charge in [0.25, 0.3) is 0 Å². The normalized spacial score (nSPS) is 18.5. The van der Waals surface area contributed by atoms with Crippen LogP contribution < -0.4 is 5.32 Å². The summed E-state index contributed by atoms with van der Waals surface area (Å²) in [5.41, 5.74) is 2.36. The largest absolute Gasteiger partial charge is 0.343 e. The number of benzene rings is 2. The Balaban J connectivity index is 1.58. The number of rotatable bonds is 7. The van der Waals surface area contributed by atoms with Crippen molar-refractivity contribution in [3.05, 3.63) is 95.1 Å². The number of carbonyl (C=O) groups excluding carboxylic acids is 2. The van der Waals surface area contributed by atoms with Gasteiger partial charge in [-0.2, -0.15) is 10.2 Å². The van der Waals surface area contributed by atoms with Gasteiger partial charge in [-0.15, -0.1) is 0 Å². The first kappa shape index (κ1) is 24.4. The lowest BCUT2D eigenvalue weighted by atomic mass is 9.94. The Kier molecular flexibility index (Phi) is 7.48. The van der Waals surface area contributed by atoms with Crippen molar-refractivity contribution in [2.45, 2.75) is 50.9 Å². The lowest BCUT2D eigenvalue weighted by Crippen LogP contribution is -2.47. The lowest BCUT2D eigenvalue weighted by molar-refractivity contribution is -0.138. The van der Waals surface area contributed by atoms with E-state index in [1.54, 1.807) is 24.3 Å². The van der Waals surface area contributed by atoms with Crippen LogP contribution in [0.2, 0.25) is 0 Å². The van der Waals surface area contributed by atoms with Gasteiger partial charge in [-0.25, -0.2) is 8.78 Å². The quantitative estimate of drug-likeness (QED) is 0.554. The van der Waals surface area contributed by atoms with Gasteiger partial charge in [-0.05, 0) is 40.8 Å². The second-order valence-electron chi connectivity index (χ2n) is 9.07. The molecule has 0 spiro atoms. The molecule has 6 nitrogen and oxygen atoms in total. The van der Waals surface area contributed by atoms with Crippen LogP contribution in [0.25, 0.3) is 0 Å². The summed E-state index contributed by atoms with van der Waals surface area (Å²) in [7, 11) is 0. The summed E-state index contributed by atoms with van der Waals surface area (Å²) < 4.78 is 29.2. The molecule has 3 atom stereocenters. The van der Waals surface area contributed by atoms with Gasteiger partial charge in [0, 0.05) is 12.6 Å². The molecular weight excluding hydrogens is 450 g/mol. The van der Waals surface area contributed by atoms with Crippen LogP contribution in [-0.2, 0) is 16.0 Å². The number of halogens is 2. The highest BCUT2D eigenvalue weighted by Gasteiger charge is 2.40. The molecule has 0 aliphatic carbocycles. The Morgan fingerprint density at radius 2 is 1.86 bits per heavy atom. The van der Waals surface area contributed by atoms with Crippen molar-refractivity contribution in [3.8, 4) is 0 Å². The molecule has 1 N–H and O–H groups in total. The number of amides is 2. The van der Waals surface area contributed by atoms with Crippen LogP contribution in [0.5, 0.6) is 0 Å². The molecule has 2 aromatic carbocycles. The molecule has 0 bridgehead atoms. The van der Waals surface area contributed by atoms with Crippen molar-refractivity contribution in [1.29, 1.82) is 0 Å². The zero-order valence-corrected chi connectivity index (χ0v) is 19.7. The molecule has 182 valence electrons. The molecule has 4 rings (SSSR count). The number of hydrogen-bond donors (Lipinski definition) is 1. The van der Waals surface area contributed by atoms with E-state index in [4.69, 9.17) is 0 Å². The Morgan fingerprint density at radius 1 is 1.09 bits per heavy atom. The van der Waals surface area contributed by atoms with E-state index < -0.39 is 30.1 Å². The number of carbonyl (C=O) groups is 2. The van der Waals surface area contributed by atoms with Crippen LogP contribution in [0.4, 0.5) is 8.78 Å². The minimum Gasteiger partial charge on any atom is -0.343 e. The van der Waals surface area contributed by atoms with Crippen LogP contribution >= 0.6 is 0 Å². The Morgan fingerprint density at radius 3 is 2.51 bits per heavy atom. The second kappa shape index (κ2) is 10.7. The third kappa shape index (κ3) is 5.70. The summed E-state index contributed by atoms with van der Waals surface area (Å²) in [5, 5.41) is 10.6. The molecule has 1 aliphatic rings. The van der Waals surface area contributed by atoms with Crippen molar-refractivity contribution in [2.75, 3.05) is 6.54 Å². The van der Waals surface area contributed by atoms with E-state index in [1.807, 2.05) is 44.2 Å². The van der Waals surface area contributed by atoms with Crippen molar-refractivity contribution < 1.29 is 18.4 Å². The number of hydrogen-bond acceptors (Lipinski definition) is 4. The minimum atomic E-state index is -1.31. The third-order valence-electron chi connectivity index (χ3n) is 6.23. The number of likely N-dealkylation sites (tertiary alicyclic amines) is 1. The van der Waals surface area contributed by atoms with Gasteiger partial charge in [0.15, 0.2) is 0 Å². The predicted molar refractivity (Wildman–Crippen MR) is 128 cm³/mol. The molecule has 2 amide bonds. The number of aromatic nitrogens is 2. The maximum Gasteiger partial charge on any atom is 0.243 e. The van der Waals surface area contributed by atoms with Crippen LogP contribution in [0, 0.1) is 5.82 Å². The zero-order valence-electron chi connectivity index (χ0n) is 19.7. The summed E-state index contributed by atoms with van der Waals surface area (Å²) in [6, 6.07) is 15.8. The molecule has 8 heteroatoms. The molecule has 3 aromatic rings. The van der Waals surface area contributed by atoms with Gasteiger partial charge < -0.3 is 10.2 Å². The van der Waals surface area contributed by atoms with E-state index in [9.17, 15) is 18.4 Å². The van der Waals surface area contributed by atoms with E-state index in [2.05, 4.69) is 15.5 Å². The van der Waals surface area contributed by atoms with Crippen LogP contribution in [0.1, 0.15) is 54.6 Å². The van der Waals surface area contributed by atoms with Crippen molar-refractivity contribution >= 4 is 11.8 Å². The molecule has 0 radical (unpaired) electrons. The molecule has 2 heterocycles. The molecule has 1 aliphatic heterocycles. The smallest absolute Gasteiger partial charge is 0.243 e. The van der Waals surface area contributed by atoms with Gasteiger partial charge in [-0.3, -0.25) is 9.59 Å². The molecule has 0 saturated carbocycles. The monoisotopic (exact) mass is 478 g/mol. The lowest BCUT2D eigenvalue weighted by Gasteiger charge is -2.27. The highest BCUT2D eigenvalue weighted by atomic mass is 19.1. The average molecular weight is 479 g/mol. The first-order valence-electron chi connectivity index (χ1n) is 11.7. The molecule has 1 aromatic heterocycles. The fourth-order valence-corrected chi connectivity index (χ4v) is 4.43. The van der Waals surface area contributed by atoms with E-state index >= 15 is 0 Å². The van der Waals surface area contributed by atoms with Crippen molar-refractivity contribution in [2.24, 2.45) is 0 Å². The number of alkyl halides is 1. The minimum absolute atomic E-state index is 0.0164. The van der Waals surface area contributed by atoms with E-state index in [0.29, 0.717) is 16.8 Å². The molecule has 3 unspecified atom stereocenters. The standard InChI is InChI=1S/C27H28F2N4O2/c1-17(2)22-11-10-19(13-23(22)29)26(18-7-4-3-5-8-18)31-27(35)24-14-20(28)16-33(24)25(34)15-21-9-6-12-30-32-21/h3-13,17,20,24,26H,14-16H2,1-2H3,(H,31,35). The second-order valence-corrected chi connectivity index (χ2v) is 9.07. The van der Waals surface area contributed by atoms with Gasteiger partial charge in [-0.1, -0.05) is 56.3 Å².